The number of carbonyl (C=O) groups excluding carboxylic acids is 14. The molecule has 3 heterocycles. The molecule has 0 aliphatic carbocycles. The van der Waals surface area contributed by atoms with E-state index in [1.54, 1.807) is 65.8 Å². The molecule has 3 saturated heterocycles. The van der Waals surface area contributed by atoms with E-state index in [-0.39, 0.29) is 139 Å². The first-order valence-electron chi connectivity index (χ1n) is 43.0. The van der Waals surface area contributed by atoms with E-state index in [0.29, 0.717) is 75.3 Å². The van der Waals surface area contributed by atoms with Crippen molar-refractivity contribution in [2.75, 3.05) is 39.3 Å². The van der Waals surface area contributed by atoms with Crippen molar-refractivity contribution < 1.29 is 77.3 Å². The zero-order valence-electron chi connectivity index (χ0n) is 72.1. The molecule has 34 heteroatoms. The van der Waals surface area contributed by atoms with Crippen LogP contribution in [-0.4, -0.2) is 227 Å². The number of carbonyl (C=O) groups is 14. The number of phenolic OH excluding ortho intramolecular Hbond substituents is 2. The van der Waals surface area contributed by atoms with Gasteiger partial charge in [-0.05, 0) is 219 Å². The van der Waals surface area contributed by atoms with Crippen molar-refractivity contribution in [3.8, 4) is 11.5 Å². The number of hydrogen-bond acceptors (Lipinski definition) is 20. The van der Waals surface area contributed by atoms with Gasteiger partial charge in [0.1, 0.15) is 96.1 Å². The molecule has 0 aromatic heterocycles. The number of nitrogens with zero attached hydrogens (tertiary/aromatic N) is 2. The molecule has 3 aliphatic heterocycles. The van der Waals surface area contributed by atoms with Gasteiger partial charge in [-0.1, -0.05) is 107 Å². The third-order valence-corrected chi connectivity index (χ3v) is 21.7. The number of fused-ring (bicyclic) bond motifs is 2. The molecule has 22 N–H and O–H groups in total. The maximum Gasteiger partial charge on any atom is 0.246 e. The average Bonchev–Trinajstić information content (AvgIpc) is 1.71. The van der Waals surface area contributed by atoms with Crippen molar-refractivity contribution >= 4 is 82.7 Å². The first kappa shape index (κ1) is 100. The number of nitrogens with one attached hydrogen (secondary N) is 12. The van der Waals surface area contributed by atoms with Crippen LogP contribution in [0.25, 0.3) is 0 Å². The van der Waals surface area contributed by atoms with Crippen LogP contribution < -0.4 is 86.7 Å². The van der Waals surface area contributed by atoms with Crippen LogP contribution in [0.3, 0.4) is 0 Å². The Bertz CT molecular complexity index is 3660. The van der Waals surface area contributed by atoms with Crippen LogP contribution in [0.4, 0.5) is 0 Å². The summed E-state index contributed by atoms with van der Waals surface area (Å²) in [6.45, 7) is 22.0. The minimum absolute atomic E-state index is 0.0216. The lowest BCUT2D eigenvalue weighted by Gasteiger charge is -2.32. The van der Waals surface area contributed by atoms with E-state index in [4.69, 9.17) is 22.9 Å². The summed E-state index contributed by atoms with van der Waals surface area (Å²) in [5.74, 6) is -13.4. The highest BCUT2D eigenvalue weighted by atomic mass is 16.3. The summed E-state index contributed by atoms with van der Waals surface area (Å²) in [6, 6.07) is -6.54. The van der Waals surface area contributed by atoms with Gasteiger partial charge in [0.15, 0.2) is 0 Å². The van der Waals surface area contributed by atoms with Crippen LogP contribution in [0.2, 0.25) is 0 Å². The number of phenols is 2. The van der Waals surface area contributed by atoms with Crippen LogP contribution in [-0.2, 0) is 80.0 Å². The number of amides is 14. The molecule has 0 radical (unpaired) electrons. The minimum atomic E-state index is -1.40. The lowest BCUT2D eigenvalue weighted by Crippen LogP contribution is -2.62. The highest BCUT2D eigenvalue weighted by Crippen LogP contribution is 2.26. The molecular formula is C85H140N18O16. The zero-order chi connectivity index (χ0) is 88.3. The molecule has 0 spiro atoms. The Balaban J connectivity index is 1.65. The molecular weight excluding hydrogens is 1530 g/mol. The Morgan fingerprint density at radius 1 is 0.303 bits per heavy atom. The van der Waals surface area contributed by atoms with Crippen LogP contribution in [0.5, 0.6) is 11.5 Å². The summed E-state index contributed by atoms with van der Waals surface area (Å²) < 4.78 is 0. The monoisotopic (exact) mass is 1670 g/mol. The van der Waals surface area contributed by atoms with Gasteiger partial charge in [-0.2, -0.15) is 0 Å². The fourth-order valence-electron chi connectivity index (χ4n) is 15.1. The van der Waals surface area contributed by atoms with Crippen LogP contribution in [0.15, 0.2) is 48.5 Å². The Labute approximate surface area is 701 Å². The summed E-state index contributed by atoms with van der Waals surface area (Å²) in [5, 5.41) is 54.6. The molecule has 2 aromatic carbocycles. The number of nitrogens with two attached hydrogens (primary N) is 4. The van der Waals surface area contributed by atoms with Crippen molar-refractivity contribution in [3.05, 3.63) is 59.7 Å². The molecule has 119 heavy (non-hydrogen) atoms. The molecule has 0 bridgehead atoms. The fourth-order valence-corrected chi connectivity index (χ4v) is 15.1. The van der Waals surface area contributed by atoms with Gasteiger partial charge in [0.05, 0.1) is 0 Å². The van der Waals surface area contributed by atoms with Gasteiger partial charge in [0.2, 0.25) is 82.7 Å². The van der Waals surface area contributed by atoms with Crippen molar-refractivity contribution in [1.29, 1.82) is 0 Å². The SMILES string of the molecule is CC(C)C[C@@H]1NC(=O)[C@H](CCCCN)NC(=O)[C@H](C(C)C)NC(=O)[C@H](CCCCN)NC(=O)[C@H](CC(C)C)NC(=O)[C@@H]2CCCN2C(=O)[C@@H](Cc2ccc(O)cc2)NC(=O)[C@H](C(C)C)NC(=O)[C@H](CCCCN)NC(=O)[C@H](CC(C)C)NC(=O)[C@@H](CCCCN)NC(=O)[C@H](C(C)C)NC(=O)[C@@H]2CCCN2C(=O)[C@@H](Cc2ccc(O)cc2)NC1=O. The first-order valence-corrected chi connectivity index (χ1v) is 43.0. The van der Waals surface area contributed by atoms with E-state index in [1.807, 2.05) is 41.5 Å². The highest BCUT2D eigenvalue weighted by Gasteiger charge is 2.45. The molecule has 0 saturated carbocycles. The van der Waals surface area contributed by atoms with Crippen molar-refractivity contribution in [2.24, 2.45) is 58.4 Å². The molecule has 3 fully saturated rings. The van der Waals surface area contributed by atoms with Crippen LogP contribution in [0.1, 0.15) is 216 Å². The standard InChI is InChI=1S/C85H140N18O16/c1-48(2)43-62-76(110)90-60(25-15-19-39-88)75(109)100-70(52(9)10)83(117)98-66(47-55-31-35-57(105)36-32-55)85(119)102-41-21-27-67(102)79(113)96-64(45-50(5)6)77(111)91-61(26-16-20-40-89)74(108)99-69(51(7)8)81(115)92-58(23-13-17-37-86)73(107)95-63(44-49(3)4)78(112)97-65(46-54-29-33-56(104)34-30-54)84(118)103-42-22-28-68(103)80(114)101-71(53(11)12)82(116)93-59(72(106)94-62)24-14-18-38-87/h29-36,48-53,58-71,104-105H,13-28,37-47,86-89H2,1-12H3,(H,90,110)(H,91,111)(H,92,115)(H,93,116)(H,94,106)(H,95,107)(H,96,113)(H,97,112)(H,98,117)(H,99,108)(H,100,109)(H,101,114)/t58-,59+,60-,61-,62-,63-,64-,65+,66+,67-,68-,69-,70-,71-/m0/s1. The summed E-state index contributed by atoms with van der Waals surface area (Å²) in [5.41, 5.74) is 24.7. The lowest BCUT2D eigenvalue weighted by molar-refractivity contribution is -0.143. The minimum Gasteiger partial charge on any atom is -0.508 e. The van der Waals surface area contributed by atoms with Gasteiger partial charge < -0.3 is 107 Å². The Hall–Kier alpha value is -9.54. The van der Waals surface area contributed by atoms with E-state index in [0.717, 1.165) is 0 Å². The summed E-state index contributed by atoms with van der Waals surface area (Å²) in [4.78, 5) is 212. The average molecular weight is 1670 g/mol. The van der Waals surface area contributed by atoms with Gasteiger partial charge in [0.25, 0.3) is 0 Å². The molecule has 34 nitrogen and oxygen atoms in total. The second-order valence-corrected chi connectivity index (χ2v) is 34.4. The second kappa shape index (κ2) is 50.5. The number of benzene rings is 2. The van der Waals surface area contributed by atoms with E-state index >= 15 is 14.4 Å². The van der Waals surface area contributed by atoms with Crippen molar-refractivity contribution in [2.45, 2.75) is 303 Å². The fraction of sp³-hybridized carbons (Fsp3) is 0.694. The number of unbranched alkanes of at least 4 members (excludes halogenated alkanes) is 4. The smallest absolute Gasteiger partial charge is 0.246 e. The van der Waals surface area contributed by atoms with Gasteiger partial charge in [-0.25, -0.2) is 0 Å². The lowest BCUT2D eigenvalue weighted by atomic mass is 9.98. The third-order valence-electron chi connectivity index (χ3n) is 21.7. The topological polar surface area (TPSA) is 534 Å². The van der Waals surface area contributed by atoms with Crippen molar-refractivity contribution in [3.63, 3.8) is 0 Å². The predicted octanol–water partition coefficient (Wildman–Crippen LogP) is 1.32. The maximum absolute atomic E-state index is 15.3. The Morgan fingerprint density at radius 2 is 0.529 bits per heavy atom. The largest absolute Gasteiger partial charge is 0.508 e. The molecule has 2 aromatic rings. The normalized spacial score (nSPS) is 25.7. The number of hydrogen-bond donors (Lipinski definition) is 18. The quantitative estimate of drug-likeness (QED) is 0.0511. The van der Waals surface area contributed by atoms with Crippen LogP contribution in [0, 0.1) is 35.5 Å². The number of rotatable bonds is 29. The van der Waals surface area contributed by atoms with E-state index in [9.17, 15) is 63.0 Å². The molecule has 3 aliphatic rings. The summed E-state index contributed by atoms with van der Waals surface area (Å²) in [7, 11) is 0. The van der Waals surface area contributed by atoms with Gasteiger partial charge in [0, 0.05) is 25.9 Å². The van der Waals surface area contributed by atoms with Crippen LogP contribution >= 0.6 is 0 Å². The highest BCUT2D eigenvalue weighted by molar-refractivity contribution is 6.01. The molecule has 14 atom stereocenters. The van der Waals surface area contributed by atoms with Gasteiger partial charge in [-0.15, -0.1) is 0 Å². The zero-order valence-corrected chi connectivity index (χ0v) is 72.1. The van der Waals surface area contributed by atoms with E-state index in [2.05, 4.69) is 63.8 Å². The van der Waals surface area contributed by atoms with E-state index in [1.165, 1.54) is 34.1 Å². The van der Waals surface area contributed by atoms with Gasteiger partial charge in [-0.3, -0.25) is 67.1 Å². The first-order chi connectivity index (χ1) is 56.4. The Morgan fingerprint density at radius 3 is 0.807 bits per heavy atom. The Kier molecular flexibility index (Phi) is 42.5. The number of aromatic hydroxyl groups is 2. The van der Waals surface area contributed by atoms with Crippen molar-refractivity contribution in [1.82, 2.24) is 73.6 Å². The van der Waals surface area contributed by atoms with E-state index < -0.39 is 185 Å². The second-order valence-electron chi connectivity index (χ2n) is 34.4. The molecule has 5 rings (SSSR count). The van der Waals surface area contributed by atoms with Gasteiger partial charge >= 0.3 is 0 Å². The third kappa shape index (κ3) is 32.5. The predicted molar refractivity (Wildman–Crippen MR) is 451 cm³/mol. The maximum atomic E-state index is 15.3. The molecule has 666 valence electrons. The molecule has 0 unspecified atom stereocenters. The molecule has 14 amide bonds. The summed E-state index contributed by atoms with van der Waals surface area (Å²) >= 11 is 0. The summed E-state index contributed by atoms with van der Waals surface area (Å²) in [6.07, 6.45) is 3.90.